The zero-order valence-electron chi connectivity index (χ0n) is 9.88. The van der Waals surface area contributed by atoms with Crippen LogP contribution < -0.4 is 12.4 Å². The average Bonchev–Trinajstić information content (AvgIpc) is 2.87. The average molecular weight is 259 g/mol. The summed E-state index contributed by atoms with van der Waals surface area (Å²) in [4.78, 5) is 4.22. The second-order valence-corrected chi connectivity index (χ2v) is 4.43. The van der Waals surface area contributed by atoms with Gasteiger partial charge in [-0.25, -0.2) is 4.98 Å². The highest BCUT2D eigenvalue weighted by Crippen LogP contribution is 2.30. The summed E-state index contributed by atoms with van der Waals surface area (Å²) in [6, 6.07) is 10.4. The first kappa shape index (κ1) is 12.7. The van der Waals surface area contributed by atoms with Gasteiger partial charge in [0.25, 0.3) is 0 Å². The molecule has 0 amide bonds. The molecule has 2 aromatic rings. The predicted molar refractivity (Wildman–Crippen MR) is 64.5 cm³/mol. The van der Waals surface area contributed by atoms with Crippen LogP contribution >= 0.6 is 0 Å². The Balaban J connectivity index is 0.00000120. The van der Waals surface area contributed by atoms with E-state index in [9.17, 15) is 0 Å². The monoisotopic (exact) mass is 258 g/mol. The third kappa shape index (κ3) is 2.12. The van der Waals surface area contributed by atoms with Crippen molar-refractivity contribution in [3.05, 3.63) is 53.6 Å². The molecule has 3 rings (SSSR count). The molecule has 92 valence electrons. The zero-order valence-corrected chi connectivity index (χ0v) is 10.6. The van der Waals surface area contributed by atoms with Crippen LogP contribution in [-0.4, -0.2) is 9.55 Å². The van der Waals surface area contributed by atoms with Gasteiger partial charge in [0.05, 0.1) is 24.0 Å². The minimum Gasteiger partial charge on any atom is -1.00 e. The van der Waals surface area contributed by atoms with E-state index in [-0.39, 0.29) is 12.4 Å². The number of nitriles is 1. The van der Waals surface area contributed by atoms with Crippen molar-refractivity contribution in [1.82, 2.24) is 9.55 Å². The van der Waals surface area contributed by atoms with Crippen LogP contribution in [0.5, 0.6) is 0 Å². The van der Waals surface area contributed by atoms with Gasteiger partial charge in [-0.2, -0.15) is 5.26 Å². The molecule has 18 heavy (non-hydrogen) atoms. The number of benzene rings is 1. The molecule has 0 spiro atoms. The summed E-state index contributed by atoms with van der Waals surface area (Å²) in [5.41, 5.74) is 3.30. The van der Waals surface area contributed by atoms with Crippen LogP contribution in [0, 0.1) is 11.3 Å². The topological polar surface area (TPSA) is 41.6 Å². The van der Waals surface area contributed by atoms with E-state index in [2.05, 4.69) is 27.8 Å². The molecule has 1 aliphatic rings. The lowest BCUT2D eigenvalue weighted by molar-refractivity contribution is -0.00000374. The number of hydrogen-bond donors (Lipinski definition) is 0. The van der Waals surface area contributed by atoms with Gasteiger partial charge < -0.3 is 17.0 Å². The minimum absolute atomic E-state index is 0. The Hall–Kier alpha value is -1.79. The molecule has 1 aromatic carbocycles. The van der Waals surface area contributed by atoms with Gasteiger partial charge in [-0.1, -0.05) is 12.1 Å². The Morgan fingerprint density at radius 3 is 2.78 bits per heavy atom. The highest BCUT2D eigenvalue weighted by atomic mass is 35.5. The number of fused-ring (bicyclic) bond motifs is 1. The van der Waals surface area contributed by atoms with E-state index >= 15 is 0 Å². The Kier molecular flexibility index (Phi) is 3.69. The first-order chi connectivity index (χ1) is 8.38. The summed E-state index contributed by atoms with van der Waals surface area (Å²) in [5.74, 6) is 0. The summed E-state index contributed by atoms with van der Waals surface area (Å²) in [5, 5.41) is 8.80. The van der Waals surface area contributed by atoms with Gasteiger partial charge in [0, 0.05) is 11.9 Å². The molecule has 0 aliphatic carbocycles. The lowest BCUT2D eigenvalue weighted by atomic mass is 9.96. The molecule has 1 aromatic heterocycles. The summed E-state index contributed by atoms with van der Waals surface area (Å²) >= 11 is 0. The summed E-state index contributed by atoms with van der Waals surface area (Å²) in [6.45, 7) is 0. The molecule has 3 nitrogen and oxygen atoms in total. The van der Waals surface area contributed by atoms with E-state index in [1.165, 1.54) is 17.7 Å². The van der Waals surface area contributed by atoms with Crippen molar-refractivity contribution in [1.29, 1.82) is 5.26 Å². The molecule has 0 radical (unpaired) electrons. The molecule has 1 unspecified atom stereocenters. The molecule has 4 heteroatoms. The third-order valence-corrected chi connectivity index (χ3v) is 3.42. The quantitative estimate of drug-likeness (QED) is 0.704. The lowest BCUT2D eigenvalue weighted by Gasteiger charge is -2.25. The van der Waals surface area contributed by atoms with Crippen LogP contribution in [0.25, 0.3) is 0 Å². The standard InChI is InChI=1S/C14H13N3.ClH/c15-8-11-4-6-12(7-5-11)14-3-1-2-13-9-16-10-17(13)14;/h4-7,9-10,14H,1-3H2;1H/p-1. The van der Waals surface area contributed by atoms with Crippen molar-refractivity contribution in [3.63, 3.8) is 0 Å². The summed E-state index contributed by atoms with van der Waals surface area (Å²) < 4.78 is 2.25. The summed E-state index contributed by atoms with van der Waals surface area (Å²) in [6.07, 6.45) is 7.34. The predicted octanol–water partition coefficient (Wildman–Crippen LogP) is -0.316. The smallest absolute Gasteiger partial charge is 0.0991 e. The number of halogens is 1. The maximum Gasteiger partial charge on any atom is 0.0991 e. The van der Waals surface area contributed by atoms with E-state index in [1.54, 1.807) is 0 Å². The molecule has 0 fully saturated rings. The van der Waals surface area contributed by atoms with Crippen LogP contribution in [0.1, 0.15) is 35.7 Å². The van der Waals surface area contributed by atoms with Crippen LogP contribution in [0.4, 0.5) is 0 Å². The molecule has 1 aliphatic heterocycles. The number of aryl methyl sites for hydroxylation is 1. The van der Waals surface area contributed by atoms with Gasteiger partial charge in [-0.05, 0) is 37.0 Å². The van der Waals surface area contributed by atoms with Crippen molar-refractivity contribution >= 4 is 0 Å². The Morgan fingerprint density at radius 1 is 1.28 bits per heavy atom. The highest BCUT2D eigenvalue weighted by molar-refractivity contribution is 5.33. The number of imidazole rings is 1. The lowest BCUT2D eigenvalue weighted by Crippen LogP contribution is -3.00. The Bertz CT molecular complexity index is 565. The number of aromatic nitrogens is 2. The van der Waals surface area contributed by atoms with Gasteiger partial charge >= 0.3 is 0 Å². The molecule has 0 bridgehead atoms. The van der Waals surface area contributed by atoms with Crippen molar-refractivity contribution in [3.8, 4) is 6.07 Å². The van der Waals surface area contributed by atoms with Gasteiger partial charge in [0.15, 0.2) is 0 Å². The van der Waals surface area contributed by atoms with Gasteiger partial charge in [0.1, 0.15) is 0 Å². The Morgan fingerprint density at radius 2 is 2.06 bits per heavy atom. The SMILES string of the molecule is N#Cc1ccc(C2CCCc3cncn32)cc1.[Cl-]. The zero-order chi connectivity index (χ0) is 11.7. The van der Waals surface area contributed by atoms with E-state index in [1.807, 2.05) is 24.7 Å². The van der Waals surface area contributed by atoms with E-state index in [0.717, 1.165) is 18.4 Å². The Labute approximate surface area is 112 Å². The maximum atomic E-state index is 8.80. The molecular weight excluding hydrogens is 246 g/mol. The van der Waals surface area contributed by atoms with E-state index < -0.39 is 0 Å². The molecule has 0 N–H and O–H groups in total. The first-order valence-electron chi connectivity index (χ1n) is 5.89. The normalized spacial score (nSPS) is 17.4. The van der Waals surface area contributed by atoms with E-state index in [4.69, 9.17) is 5.26 Å². The second-order valence-electron chi connectivity index (χ2n) is 4.43. The summed E-state index contributed by atoms with van der Waals surface area (Å²) in [7, 11) is 0. The fourth-order valence-corrected chi connectivity index (χ4v) is 2.53. The van der Waals surface area contributed by atoms with Gasteiger partial charge in [0.2, 0.25) is 0 Å². The highest BCUT2D eigenvalue weighted by Gasteiger charge is 2.20. The fraction of sp³-hybridized carbons (Fsp3) is 0.286. The number of hydrogen-bond acceptors (Lipinski definition) is 2. The molecule has 1 atom stereocenters. The second kappa shape index (κ2) is 5.24. The van der Waals surface area contributed by atoms with Gasteiger partial charge in [-0.3, -0.25) is 0 Å². The van der Waals surface area contributed by atoms with Crippen molar-refractivity contribution in [2.75, 3.05) is 0 Å². The van der Waals surface area contributed by atoms with Crippen LogP contribution in [-0.2, 0) is 6.42 Å². The molecule has 2 heterocycles. The number of nitrogens with zero attached hydrogens (tertiary/aromatic N) is 3. The third-order valence-electron chi connectivity index (χ3n) is 3.42. The molecule has 0 saturated carbocycles. The number of rotatable bonds is 1. The van der Waals surface area contributed by atoms with Crippen molar-refractivity contribution in [2.24, 2.45) is 0 Å². The largest absolute Gasteiger partial charge is 1.00 e. The fourth-order valence-electron chi connectivity index (χ4n) is 2.53. The maximum absolute atomic E-state index is 8.80. The van der Waals surface area contributed by atoms with Crippen molar-refractivity contribution < 1.29 is 12.4 Å². The van der Waals surface area contributed by atoms with E-state index in [0.29, 0.717) is 6.04 Å². The molecule has 0 saturated heterocycles. The van der Waals surface area contributed by atoms with Crippen LogP contribution in [0.2, 0.25) is 0 Å². The van der Waals surface area contributed by atoms with Crippen molar-refractivity contribution in [2.45, 2.75) is 25.3 Å². The van der Waals surface area contributed by atoms with Gasteiger partial charge in [-0.15, -0.1) is 0 Å². The first-order valence-corrected chi connectivity index (χ1v) is 5.89. The minimum atomic E-state index is 0. The van der Waals surface area contributed by atoms with Crippen LogP contribution in [0.3, 0.4) is 0 Å². The molecular formula is C14H13ClN3-. The van der Waals surface area contributed by atoms with Crippen LogP contribution in [0.15, 0.2) is 36.8 Å².